The zero-order valence-electron chi connectivity index (χ0n) is 13.0. The molecule has 2 aromatic rings. The lowest BCUT2D eigenvalue weighted by Gasteiger charge is -2.35. The van der Waals surface area contributed by atoms with Crippen molar-refractivity contribution in [3.63, 3.8) is 0 Å². The number of hydrogen-bond acceptors (Lipinski definition) is 3. The minimum absolute atomic E-state index is 0.100. The highest BCUT2D eigenvalue weighted by Gasteiger charge is 2.27. The molecule has 1 atom stereocenters. The molecule has 0 saturated carbocycles. The fourth-order valence-electron chi connectivity index (χ4n) is 2.67. The molecule has 21 heavy (non-hydrogen) atoms. The number of nitrogens with zero attached hydrogens (tertiary/aromatic N) is 1. The summed E-state index contributed by atoms with van der Waals surface area (Å²) in [6.45, 7) is 3.62. The van der Waals surface area contributed by atoms with Crippen molar-refractivity contribution in [2.75, 3.05) is 32.1 Å². The maximum atomic E-state index is 6.08. The van der Waals surface area contributed by atoms with Crippen molar-refractivity contribution in [2.45, 2.75) is 12.3 Å². The molecule has 2 aromatic carbocycles. The highest BCUT2D eigenvalue weighted by atomic mass is 16.5. The number of likely N-dealkylation sites (N-methyl/N-ethyl adjacent to an activating group) is 1. The van der Waals surface area contributed by atoms with E-state index in [1.807, 2.05) is 24.3 Å². The topological polar surface area (TPSA) is 38.5 Å². The number of ether oxygens (including phenoxy) is 1. The Morgan fingerprint density at radius 2 is 1.67 bits per heavy atom. The number of benzene rings is 2. The van der Waals surface area contributed by atoms with Gasteiger partial charge >= 0.3 is 0 Å². The summed E-state index contributed by atoms with van der Waals surface area (Å²) in [4.78, 5) is 2.21. The summed E-state index contributed by atoms with van der Waals surface area (Å²) < 4.78 is 5.45. The molecule has 2 rings (SSSR count). The SMILES string of the molecule is COc1ccccc1N(C)CC(C)(CN)c1ccccc1. The van der Waals surface area contributed by atoms with Crippen molar-refractivity contribution in [1.29, 1.82) is 0 Å². The maximum Gasteiger partial charge on any atom is 0.142 e. The van der Waals surface area contributed by atoms with Gasteiger partial charge in [-0.05, 0) is 17.7 Å². The summed E-state index contributed by atoms with van der Waals surface area (Å²) in [6.07, 6.45) is 0. The Balaban J connectivity index is 2.26. The van der Waals surface area contributed by atoms with Crippen molar-refractivity contribution in [2.24, 2.45) is 5.73 Å². The average Bonchev–Trinajstić information content (AvgIpc) is 2.55. The number of rotatable bonds is 6. The Bertz CT molecular complexity index is 570. The van der Waals surface area contributed by atoms with Gasteiger partial charge in [0, 0.05) is 25.6 Å². The first-order chi connectivity index (χ1) is 10.1. The Hall–Kier alpha value is -2.00. The Morgan fingerprint density at radius 1 is 1.05 bits per heavy atom. The predicted octanol–water partition coefficient (Wildman–Crippen LogP) is 3.05. The molecule has 0 aromatic heterocycles. The van der Waals surface area contributed by atoms with E-state index in [-0.39, 0.29) is 5.41 Å². The van der Waals surface area contributed by atoms with Crippen LogP contribution in [0.3, 0.4) is 0 Å². The largest absolute Gasteiger partial charge is 0.495 e. The third kappa shape index (κ3) is 3.37. The van der Waals surface area contributed by atoms with Crippen molar-refractivity contribution >= 4 is 5.69 Å². The second-order valence-corrected chi connectivity index (χ2v) is 5.66. The Labute approximate surface area is 127 Å². The molecule has 0 aliphatic heterocycles. The quantitative estimate of drug-likeness (QED) is 0.886. The van der Waals surface area contributed by atoms with Crippen molar-refractivity contribution < 1.29 is 4.74 Å². The van der Waals surface area contributed by atoms with Crippen LogP contribution >= 0.6 is 0 Å². The van der Waals surface area contributed by atoms with Gasteiger partial charge in [-0.2, -0.15) is 0 Å². The van der Waals surface area contributed by atoms with E-state index in [9.17, 15) is 0 Å². The monoisotopic (exact) mass is 284 g/mol. The normalized spacial score (nSPS) is 13.5. The molecule has 0 aliphatic carbocycles. The highest BCUT2D eigenvalue weighted by molar-refractivity contribution is 5.58. The van der Waals surface area contributed by atoms with E-state index in [1.54, 1.807) is 7.11 Å². The summed E-state index contributed by atoms with van der Waals surface area (Å²) >= 11 is 0. The number of para-hydroxylation sites is 2. The first-order valence-electron chi connectivity index (χ1n) is 7.20. The lowest BCUT2D eigenvalue weighted by Crippen LogP contribution is -2.42. The predicted molar refractivity (Wildman–Crippen MR) is 89.1 cm³/mol. The van der Waals surface area contributed by atoms with Crippen LogP contribution in [0.25, 0.3) is 0 Å². The molecule has 0 heterocycles. The fourth-order valence-corrected chi connectivity index (χ4v) is 2.67. The van der Waals surface area contributed by atoms with E-state index in [0.29, 0.717) is 6.54 Å². The molecule has 0 amide bonds. The molecule has 0 fully saturated rings. The summed E-state index contributed by atoms with van der Waals surface area (Å²) in [5, 5.41) is 0. The van der Waals surface area contributed by atoms with Gasteiger partial charge in [0.05, 0.1) is 12.8 Å². The van der Waals surface area contributed by atoms with E-state index in [2.05, 4.69) is 49.2 Å². The van der Waals surface area contributed by atoms with E-state index in [0.717, 1.165) is 18.0 Å². The number of hydrogen-bond donors (Lipinski definition) is 1. The van der Waals surface area contributed by atoms with E-state index in [4.69, 9.17) is 10.5 Å². The molecule has 0 saturated heterocycles. The van der Waals surface area contributed by atoms with Crippen LogP contribution in [-0.2, 0) is 5.41 Å². The first-order valence-corrected chi connectivity index (χ1v) is 7.20. The smallest absolute Gasteiger partial charge is 0.142 e. The lowest BCUT2D eigenvalue weighted by molar-refractivity contribution is 0.412. The second kappa shape index (κ2) is 6.64. The van der Waals surface area contributed by atoms with Gasteiger partial charge in [-0.3, -0.25) is 0 Å². The van der Waals surface area contributed by atoms with Crippen LogP contribution in [0, 0.1) is 0 Å². The molecule has 3 nitrogen and oxygen atoms in total. The van der Waals surface area contributed by atoms with Crippen LogP contribution < -0.4 is 15.4 Å². The van der Waals surface area contributed by atoms with Gasteiger partial charge in [-0.25, -0.2) is 0 Å². The van der Waals surface area contributed by atoms with E-state index in [1.165, 1.54) is 5.56 Å². The third-order valence-electron chi connectivity index (χ3n) is 4.00. The summed E-state index contributed by atoms with van der Waals surface area (Å²) in [5.41, 5.74) is 8.32. The Kier molecular flexibility index (Phi) is 4.86. The van der Waals surface area contributed by atoms with Gasteiger partial charge < -0.3 is 15.4 Å². The van der Waals surface area contributed by atoms with Gasteiger partial charge in [-0.15, -0.1) is 0 Å². The van der Waals surface area contributed by atoms with Crippen molar-refractivity contribution in [1.82, 2.24) is 0 Å². The van der Waals surface area contributed by atoms with Crippen LogP contribution in [0.4, 0.5) is 5.69 Å². The molecule has 0 aliphatic rings. The summed E-state index contributed by atoms with van der Waals surface area (Å²) in [7, 11) is 3.78. The lowest BCUT2D eigenvalue weighted by atomic mass is 9.82. The maximum absolute atomic E-state index is 6.08. The molecule has 0 spiro atoms. The van der Waals surface area contributed by atoms with Gasteiger partial charge in [0.25, 0.3) is 0 Å². The zero-order chi connectivity index (χ0) is 15.3. The van der Waals surface area contributed by atoms with Crippen molar-refractivity contribution in [3.8, 4) is 5.75 Å². The van der Waals surface area contributed by atoms with Gasteiger partial charge in [0.1, 0.15) is 5.75 Å². The van der Waals surface area contributed by atoms with E-state index >= 15 is 0 Å². The van der Waals surface area contributed by atoms with Crippen molar-refractivity contribution in [3.05, 3.63) is 60.2 Å². The molecule has 1 unspecified atom stereocenters. The zero-order valence-corrected chi connectivity index (χ0v) is 13.0. The molecular formula is C18H24N2O. The van der Waals surface area contributed by atoms with Crippen LogP contribution in [0.2, 0.25) is 0 Å². The number of anilines is 1. The number of methoxy groups -OCH3 is 1. The molecular weight excluding hydrogens is 260 g/mol. The second-order valence-electron chi connectivity index (χ2n) is 5.66. The number of nitrogens with two attached hydrogens (primary N) is 1. The van der Waals surface area contributed by atoms with E-state index < -0.39 is 0 Å². The molecule has 2 N–H and O–H groups in total. The summed E-state index contributed by atoms with van der Waals surface area (Å²) in [6, 6.07) is 18.5. The molecule has 0 bridgehead atoms. The highest BCUT2D eigenvalue weighted by Crippen LogP contribution is 2.30. The van der Waals surface area contributed by atoms with Crippen LogP contribution in [0.1, 0.15) is 12.5 Å². The van der Waals surface area contributed by atoms with Crippen LogP contribution in [0.15, 0.2) is 54.6 Å². The average molecular weight is 284 g/mol. The first kappa shape index (κ1) is 15.4. The third-order valence-corrected chi connectivity index (χ3v) is 4.00. The molecule has 112 valence electrons. The van der Waals surface area contributed by atoms with Gasteiger partial charge in [-0.1, -0.05) is 49.4 Å². The Morgan fingerprint density at radius 3 is 2.29 bits per heavy atom. The van der Waals surface area contributed by atoms with Gasteiger partial charge in [0.2, 0.25) is 0 Å². The molecule has 0 radical (unpaired) electrons. The van der Waals surface area contributed by atoms with Crippen LogP contribution in [-0.4, -0.2) is 27.2 Å². The standard InChI is InChI=1S/C18H24N2O/c1-18(13-19,15-9-5-4-6-10-15)14-20(2)16-11-7-8-12-17(16)21-3/h4-12H,13-14,19H2,1-3H3. The fraction of sp³-hybridized carbons (Fsp3) is 0.333. The minimum atomic E-state index is -0.100. The van der Waals surface area contributed by atoms with Crippen LogP contribution in [0.5, 0.6) is 5.75 Å². The minimum Gasteiger partial charge on any atom is -0.495 e. The van der Waals surface area contributed by atoms with Gasteiger partial charge in [0.15, 0.2) is 0 Å². The summed E-state index contributed by atoms with van der Waals surface area (Å²) in [5.74, 6) is 0.882. The molecule has 3 heteroatoms.